The lowest BCUT2D eigenvalue weighted by molar-refractivity contribution is -0.146. The Labute approximate surface area is 208 Å². The molecule has 0 atom stereocenters. The van der Waals surface area contributed by atoms with Crippen molar-refractivity contribution in [1.29, 1.82) is 0 Å². The van der Waals surface area contributed by atoms with Crippen LogP contribution in [-0.4, -0.2) is 41.8 Å². The van der Waals surface area contributed by atoms with Crippen molar-refractivity contribution >= 4 is 46.6 Å². The Bertz CT molecular complexity index is 1090. The fourth-order valence-electron chi connectivity index (χ4n) is 3.07. The molecule has 2 amide bonds. The quantitative estimate of drug-likeness (QED) is 0.221. The molecular formula is C25H26ClNO6S. The van der Waals surface area contributed by atoms with E-state index in [1.807, 2.05) is 32.0 Å². The molecule has 180 valence electrons. The minimum atomic E-state index is -0.601. The van der Waals surface area contributed by atoms with E-state index < -0.39 is 23.7 Å². The molecule has 0 aliphatic carbocycles. The van der Waals surface area contributed by atoms with E-state index in [2.05, 4.69) is 0 Å². The summed E-state index contributed by atoms with van der Waals surface area (Å²) in [4.78, 5) is 38.0. The van der Waals surface area contributed by atoms with E-state index in [4.69, 9.17) is 25.8 Å². The zero-order chi connectivity index (χ0) is 24.5. The fourth-order valence-corrected chi connectivity index (χ4v) is 4.09. The molecule has 1 heterocycles. The second-order valence-corrected chi connectivity index (χ2v) is 8.76. The monoisotopic (exact) mass is 503 g/mol. The lowest BCUT2D eigenvalue weighted by atomic mass is 10.1. The van der Waals surface area contributed by atoms with Crippen molar-refractivity contribution in [3.63, 3.8) is 0 Å². The summed E-state index contributed by atoms with van der Waals surface area (Å²) in [5.74, 6) is -0.0982. The van der Waals surface area contributed by atoms with E-state index in [0.717, 1.165) is 35.1 Å². The number of ether oxygens (including phenoxy) is 3. The van der Waals surface area contributed by atoms with Crippen molar-refractivity contribution in [2.45, 2.75) is 33.3 Å². The van der Waals surface area contributed by atoms with Crippen LogP contribution in [0.2, 0.25) is 5.02 Å². The molecule has 9 heteroatoms. The average molecular weight is 504 g/mol. The lowest BCUT2D eigenvalue weighted by Crippen LogP contribution is -2.34. The summed E-state index contributed by atoms with van der Waals surface area (Å²) in [6, 6.07) is 12.6. The maximum absolute atomic E-state index is 12.7. The van der Waals surface area contributed by atoms with Gasteiger partial charge in [0.25, 0.3) is 11.1 Å². The number of thioether (sulfide) groups is 1. The third-order valence-electron chi connectivity index (χ3n) is 4.83. The zero-order valence-corrected chi connectivity index (χ0v) is 20.6. The van der Waals surface area contributed by atoms with Gasteiger partial charge in [0.05, 0.1) is 18.1 Å². The van der Waals surface area contributed by atoms with Crippen LogP contribution in [0.25, 0.3) is 6.08 Å². The number of benzene rings is 2. The van der Waals surface area contributed by atoms with Gasteiger partial charge in [-0.15, -0.1) is 0 Å². The van der Waals surface area contributed by atoms with Gasteiger partial charge in [-0.1, -0.05) is 49.2 Å². The maximum atomic E-state index is 12.7. The van der Waals surface area contributed by atoms with Gasteiger partial charge in [-0.2, -0.15) is 0 Å². The number of amides is 2. The molecule has 0 radical (unpaired) electrons. The predicted molar refractivity (Wildman–Crippen MR) is 132 cm³/mol. The first-order chi connectivity index (χ1) is 16.4. The number of unbranched alkanes of at least 4 members (excludes halogenated alkanes) is 1. The van der Waals surface area contributed by atoms with Gasteiger partial charge >= 0.3 is 5.97 Å². The molecule has 0 unspecified atom stereocenters. The van der Waals surface area contributed by atoms with Crippen molar-refractivity contribution in [3.05, 3.63) is 63.5 Å². The Morgan fingerprint density at radius 3 is 2.62 bits per heavy atom. The van der Waals surface area contributed by atoms with Gasteiger partial charge < -0.3 is 14.2 Å². The van der Waals surface area contributed by atoms with Crippen LogP contribution in [0, 0.1) is 0 Å². The summed E-state index contributed by atoms with van der Waals surface area (Å²) < 4.78 is 16.7. The number of hydrogen-bond acceptors (Lipinski definition) is 7. The first kappa shape index (κ1) is 25.6. The lowest BCUT2D eigenvalue weighted by Gasteiger charge is -2.13. The maximum Gasteiger partial charge on any atom is 0.326 e. The van der Waals surface area contributed by atoms with Gasteiger partial charge in [-0.05, 0) is 54.9 Å². The van der Waals surface area contributed by atoms with E-state index in [-0.39, 0.29) is 18.1 Å². The predicted octanol–water partition coefficient (Wildman–Crippen LogP) is 5.70. The fraction of sp³-hybridized carbons (Fsp3) is 0.320. The zero-order valence-electron chi connectivity index (χ0n) is 19.0. The van der Waals surface area contributed by atoms with Crippen LogP contribution >= 0.6 is 23.4 Å². The van der Waals surface area contributed by atoms with Gasteiger partial charge in [0.2, 0.25) is 0 Å². The highest BCUT2D eigenvalue weighted by atomic mass is 35.5. The molecule has 1 fully saturated rings. The summed E-state index contributed by atoms with van der Waals surface area (Å²) in [6.07, 6.45) is 3.20. The highest BCUT2D eigenvalue weighted by Crippen LogP contribution is 2.35. The van der Waals surface area contributed by atoms with Crippen LogP contribution in [0.1, 0.15) is 37.8 Å². The van der Waals surface area contributed by atoms with Gasteiger partial charge in [0.1, 0.15) is 13.2 Å². The van der Waals surface area contributed by atoms with Crippen LogP contribution in [0.5, 0.6) is 11.5 Å². The van der Waals surface area contributed by atoms with Gasteiger partial charge in [0.15, 0.2) is 11.5 Å². The molecule has 0 bridgehead atoms. The summed E-state index contributed by atoms with van der Waals surface area (Å²) in [5.41, 5.74) is 1.50. The number of imide groups is 1. The molecule has 0 N–H and O–H groups in total. The number of halogens is 1. The first-order valence-corrected chi connectivity index (χ1v) is 12.2. The van der Waals surface area contributed by atoms with E-state index in [0.29, 0.717) is 28.7 Å². The van der Waals surface area contributed by atoms with E-state index >= 15 is 0 Å². The molecule has 1 aliphatic rings. The normalized spacial score (nSPS) is 14.6. The van der Waals surface area contributed by atoms with E-state index in [9.17, 15) is 14.4 Å². The van der Waals surface area contributed by atoms with Gasteiger partial charge in [0, 0.05) is 10.6 Å². The van der Waals surface area contributed by atoms with E-state index in [1.54, 1.807) is 30.3 Å². The Morgan fingerprint density at radius 2 is 1.88 bits per heavy atom. The molecule has 2 aromatic rings. The van der Waals surface area contributed by atoms with Crippen molar-refractivity contribution in [3.8, 4) is 11.5 Å². The van der Waals surface area contributed by atoms with Crippen LogP contribution in [0.15, 0.2) is 47.4 Å². The van der Waals surface area contributed by atoms with Crippen LogP contribution in [0.4, 0.5) is 4.79 Å². The molecule has 0 aromatic heterocycles. The number of carbonyl (C=O) groups excluding carboxylic acids is 3. The topological polar surface area (TPSA) is 82.1 Å². The third-order valence-corrected chi connectivity index (χ3v) is 6.10. The molecule has 2 aromatic carbocycles. The number of carbonyl (C=O) groups is 3. The summed E-state index contributed by atoms with van der Waals surface area (Å²) in [6.45, 7) is 4.39. The van der Waals surface area contributed by atoms with Gasteiger partial charge in [-0.3, -0.25) is 19.3 Å². The first-order valence-electron chi connectivity index (χ1n) is 11.0. The highest BCUT2D eigenvalue weighted by Gasteiger charge is 2.36. The highest BCUT2D eigenvalue weighted by molar-refractivity contribution is 8.18. The number of hydrogen-bond donors (Lipinski definition) is 0. The molecule has 7 nitrogen and oxygen atoms in total. The van der Waals surface area contributed by atoms with Crippen molar-refractivity contribution in [2.24, 2.45) is 0 Å². The van der Waals surface area contributed by atoms with Crippen LogP contribution in [0.3, 0.4) is 0 Å². The SMILES string of the molecule is CCCCOC(=O)CN1C(=O)S/C(=C/c2ccc(OCc3ccccc3Cl)c(OCC)c2)C1=O. The second kappa shape index (κ2) is 12.5. The Kier molecular flexibility index (Phi) is 9.42. The largest absolute Gasteiger partial charge is 0.490 e. The van der Waals surface area contributed by atoms with Crippen molar-refractivity contribution in [2.75, 3.05) is 19.8 Å². The molecule has 1 saturated heterocycles. The molecule has 0 saturated carbocycles. The molecular weight excluding hydrogens is 478 g/mol. The van der Waals surface area contributed by atoms with Crippen LogP contribution in [-0.2, 0) is 20.9 Å². The second-order valence-electron chi connectivity index (χ2n) is 7.36. The molecule has 1 aliphatic heterocycles. The smallest absolute Gasteiger partial charge is 0.326 e. The molecule has 3 rings (SSSR count). The standard InChI is InChI=1S/C25H26ClNO6S/c1-3-5-12-32-23(28)15-27-24(29)22(34-25(27)30)14-17-10-11-20(21(13-17)31-4-2)33-16-18-8-6-7-9-19(18)26/h6-11,13-14H,3-5,12,15-16H2,1-2H3/b22-14+. The number of nitrogens with zero attached hydrogens (tertiary/aromatic N) is 1. The van der Waals surface area contributed by atoms with Crippen LogP contribution < -0.4 is 9.47 Å². The Morgan fingerprint density at radius 1 is 1.09 bits per heavy atom. The summed E-state index contributed by atoms with van der Waals surface area (Å²) in [5, 5.41) is 0.107. The van der Waals surface area contributed by atoms with Crippen molar-refractivity contribution < 1.29 is 28.6 Å². The summed E-state index contributed by atoms with van der Waals surface area (Å²) >= 11 is 6.98. The third kappa shape index (κ3) is 6.77. The minimum Gasteiger partial charge on any atom is -0.490 e. The Balaban J connectivity index is 1.71. The molecule has 0 spiro atoms. The Hall–Kier alpha value is -2.97. The number of esters is 1. The summed E-state index contributed by atoms with van der Waals surface area (Å²) in [7, 11) is 0. The minimum absolute atomic E-state index is 0.221. The van der Waals surface area contributed by atoms with E-state index in [1.165, 1.54) is 0 Å². The van der Waals surface area contributed by atoms with Crippen molar-refractivity contribution in [1.82, 2.24) is 4.90 Å². The molecule has 34 heavy (non-hydrogen) atoms. The average Bonchev–Trinajstić information content (AvgIpc) is 3.07. The number of rotatable bonds is 11. The van der Waals surface area contributed by atoms with Gasteiger partial charge in [-0.25, -0.2) is 0 Å².